The van der Waals surface area contributed by atoms with E-state index in [-0.39, 0.29) is 17.7 Å². The second-order valence-corrected chi connectivity index (χ2v) is 6.66. The predicted octanol–water partition coefficient (Wildman–Crippen LogP) is 0.550. The van der Waals surface area contributed by atoms with Gasteiger partial charge in [-0.2, -0.15) is 0 Å². The van der Waals surface area contributed by atoms with Crippen LogP contribution >= 0.6 is 7.52 Å². The van der Waals surface area contributed by atoms with E-state index in [1.54, 1.807) is 0 Å². The van der Waals surface area contributed by atoms with Crippen LogP contribution in [0, 0.1) is 0 Å². The van der Waals surface area contributed by atoms with Gasteiger partial charge in [0.05, 0.1) is 19.3 Å². The molecule has 5 nitrogen and oxygen atoms in total. The van der Waals surface area contributed by atoms with Gasteiger partial charge in [-0.15, -0.1) is 0 Å². The number of ether oxygens (including phenoxy) is 1. The summed E-state index contributed by atoms with van der Waals surface area (Å²) in [5.41, 5.74) is 5.72. The fourth-order valence-corrected chi connectivity index (χ4v) is 2.90. The summed E-state index contributed by atoms with van der Waals surface area (Å²) in [5, 5.41) is 2.97. The quantitative estimate of drug-likeness (QED) is 0.679. The first-order chi connectivity index (χ1) is 6.49. The number of hydrogen-bond donors (Lipinski definition) is 2. The highest BCUT2D eigenvalue weighted by atomic mass is 31.2. The molecule has 0 bridgehead atoms. The van der Waals surface area contributed by atoms with Crippen molar-refractivity contribution < 1.29 is 13.8 Å². The summed E-state index contributed by atoms with van der Waals surface area (Å²) in [4.78, 5) is 0. The normalized spacial score (nSPS) is 32.1. The van der Waals surface area contributed by atoms with Crippen LogP contribution in [0.2, 0.25) is 0 Å². The monoisotopic (exact) mass is 222 g/mol. The van der Waals surface area contributed by atoms with Crippen LogP contribution in [-0.2, 0) is 13.8 Å². The second-order valence-electron chi connectivity index (χ2n) is 3.81. The molecule has 3 atom stereocenters. The van der Waals surface area contributed by atoms with Crippen molar-refractivity contribution in [3.63, 3.8) is 0 Å². The maximum absolute atomic E-state index is 12.1. The Morgan fingerprint density at radius 3 is 2.57 bits per heavy atom. The molecule has 1 fully saturated rings. The maximum Gasteiger partial charge on any atom is 0.272 e. The summed E-state index contributed by atoms with van der Waals surface area (Å²) < 4.78 is 22.4. The molecule has 3 N–H and O–H groups in total. The van der Waals surface area contributed by atoms with Gasteiger partial charge in [0.1, 0.15) is 0 Å². The first kappa shape index (κ1) is 12.1. The first-order valence-corrected chi connectivity index (χ1v) is 6.45. The lowest BCUT2D eigenvalue weighted by molar-refractivity contribution is 0.189. The standard InChI is InChI=1S/C8H19N2O3P/c1-6(2)14(11,12-3)10-8-5-13-4-7(8)9/h6-8H,4-5,9H2,1-3H3,(H,10,11). The van der Waals surface area contributed by atoms with E-state index in [0.29, 0.717) is 13.2 Å². The molecule has 1 rings (SSSR count). The average Bonchev–Trinajstić information content (AvgIpc) is 2.51. The Morgan fingerprint density at radius 2 is 2.21 bits per heavy atom. The van der Waals surface area contributed by atoms with Crippen LogP contribution in [0.5, 0.6) is 0 Å². The molecule has 1 aliphatic rings. The third-order valence-corrected chi connectivity index (χ3v) is 5.02. The van der Waals surface area contributed by atoms with Crippen LogP contribution in [0.25, 0.3) is 0 Å². The maximum atomic E-state index is 12.1. The number of nitrogens with two attached hydrogens (primary N) is 1. The Bertz CT molecular complexity index is 235. The summed E-state index contributed by atoms with van der Waals surface area (Å²) in [6.45, 7) is 4.73. The Labute approximate surface area is 84.8 Å². The topological polar surface area (TPSA) is 73.6 Å². The Morgan fingerprint density at radius 1 is 1.57 bits per heavy atom. The van der Waals surface area contributed by atoms with E-state index < -0.39 is 7.52 Å². The molecule has 1 saturated heterocycles. The van der Waals surface area contributed by atoms with Gasteiger partial charge in [-0.3, -0.25) is 4.57 Å². The molecule has 3 unspecified atom stereocenters. The minimum Gasteiger partial charge on any atom is -0.378 e. The lowest BCUT2D eigenvalue weighted by atomic mass is 10.2. The first-order valence-electron chi connectivity index (χ1n) is 4.76. The van der Waals surface area contributed by atoms with Gasteiger partial charge >= 0.3 is 0 Å². The van der Waals surface area contributed by atoms with Gasteiger partial charge in [0, 0.05) is 18.8 Å². The molecule has 0 aliphatic carbocycles. The minimum absolute atomic E-state index is 0.0553. The van der Waals surface area contributed by atoms with Crippen LogP contribution in [0.3, 0.4) is 0 Å². The molecule has 1 aliphatic heterocycles. The summed E-state index contributed by atoms with van der Waals surface area (Å²) >= 11 is 0. The molecule has 84 valence electrons. The van der Waals surface area contributed by atoms with Gasteiger partial charge in [0.2, 0.25) is 0 Å². The summed E-state index contributed by atoms with van der Waals surface area (Å²) in [5.74, 6) is 0. The molecule has 0 aromatic rings. The summed E-state index contributed by atoms with van der Waals surface area (Å²) in [6.07, 6.45) is 0. The molecule has 14 heavy (non-hydrogen) atoms. The predicted molar refractivity (Wildman–Crippen MR) is 55.5 cm³/mol. The number of nitrogens with one attached hydrogen (secondary N) is 1. The van der Waals surface area contributed by atoms with Gasteiger partial charge < -0.3 is 15.0 Å². The fourth-order valence-electron chi connectivity index (χ4n) is 1.35. The van der Waals surface area contributed by atoms with Crippen molar-refractivity contribution in [2.75, 3.05) is 20.3 Å². The summed E-state index contributed by atoms with van der Waals surface area (Å²) in [7, 11) is -1.32. The fraction of sp³-hybridized carbons (Fsp3) is 1.00. The highest BCUT2D eigenvalue weighted by molar-refractivity contribution is 7.57. The average molecular weight is 222 g/mol. The lowest BCUT2D eigenvalue weighted by Gasteiger charge is -2.25. The number of hydrogen-bond acceptors (Lipinski definition) is 4. The van der Waals surface area contributed by atoms with Crippen molar-refractivity contribution >= 4 is 7.52 Å². The number of rotatable bonds is 4. The van der Waals surface area contributed by atoms with E-state index in [0.717, 1.165) is 0 Å². The van der Waals surface area contributed by atoms with Crippen molar-refractivity contribution in [3.05, 3.63) is 0 Å². The van der Waals surface area contributed by atoms with E-state index >= 15 is 0 Å². The Balaban J connectivity index is 2.60. The van der Waals surface area contributed by atoms with Crippen molar-refractivity contribution in [2.24, 2.45) is 5.73 Å². The zero-order valence-electron chi connectivity index (χ0n) is 8.90. The highest BCUT2D eigenvalue weighted by Crippen LogP contribution is 2.47. The van der Waals surface area contributed by atoms with E-state index in [9.17, 15) is 4.57 Å². The second kappa shape index (κ2) is 4.73. The van der Waals surface area contributed by atoms with Crippen molar-refractivity contribution in [2.45, 2.75) is 31.6 Å². The SMILES string of the molecule is COP(=O)(NC1COCC1N)C(C)C. The van der Waals surface area contributed by atoms with Gasteiger partial charge in [-0.1, -0.05) is 13.8 Å². The molecule has 0 amide bonds. The zero-order valence-corrected chi connectivity index (χ0v) is 9.79. The van der Waals surface area contributed by atoms with Gasteiger partial charge in [0.25, 0.3) is 7.52 Å². The van der Waals surface area contributed by atoms with Gasteiger partial charge in [-0.05, 0) is 0 Å². The van der Waals surface area contributed by atoms with Crippen LogP contribution in [0.15, 0.2) is 0 Å². The van der Waals surface area contributed by atoms with Crippen LogP contribution < -0.4 is 10.8 Å². The van der Waals surface area contributed by atoms with E-state index in [1.807, 2.05) is 13.8 Å². The van der Waals surface area contributed by atoms with Gasteiger partial charge in [-0.25, -0.2) is 5.09 Å². The Kier molecular flexibility index (Phi) is 4.10. The zero-order chi connectivity index (χ0) is 10.8. The highest BCUT2D eigenvalue weighted by Gasteiger charge is 2.34. The third-order valence-electron chi connectivity index (χ3n) is 2.42. The largest absolute Gasteiger partial charge is 0.378 e. The Hall–Kier alpha value is 0.0700. The molecule has 6 heteroatoms. The summed E-state index contributed by atoms with van der Waals surface area (Å²) in [6, 6.07) is -0.166. The van der Waals surface area contributed by atoms with Crippen LogP contribution in [0.1, 0.15) is 13.8 Å². The van der Waals surface area contributed by atoms with Crippen LogP contribution in [0.4, 0.5) is 0 Å². The van der Waals surface area contributed by atoms with Gasteiger partial charge in [0.15, 0.2) is 0 Å². The molecule has 0 aromatic carbocycles. The molecule has 0 aromatic heterocycles. The smallest absolute Gasteiger partial charge is 0.272 e. The molecule has 0 radical (unpaired) electrons. The molecular formula is C8H19N2O3P. The molecule has 0 saturated carbocycles. The molecule has 0 spiro atoms. The molecular weight excluding hydrogens is 203 g/mol. The van der Waals surface area contributed by atoms with Crippen molar-refractivity contribution in [3.8, 4) is 0 Å². The van der Waals surface area contributed by atoms with E-state index in [4.69, 9.17) is 15.0 Å². The third kappa shape index (κ3) is 2.55. The van der Waals surface area contributed by atoms with E-state index in [1.165, 1.54) is 7.11 Å². The van der Waals surface area contributed by atoms with E-state index in [2.05, 4.69) is 5.09 Å². The van der Waals surface area contributed by atoms with Crippen molar-refractivity contribution in [1.29, 1.82) is 0 Å². The lowest BCUT2D eigenvalue weighted by Crippen LogP contribution is -2.43. The van der Waals surface area contributed by atoms with Crippen molar-refractivity contribution in [1.82, 2.24) is 5.09 Å². The van der Waals surface area contributed by atoms with Crippen LogP contribution in [-0.4, -0.2) is 38.1 Å². The molecule has 1 heterocycles. The minimum atomic E-state index is -2.77.